The maximum atomic E-state index is 10.7. The molecule has 0 aromatic rings. The topological polar surface area (TPSA) is 55.8 Å². The zero-order valence-electron chi connectivity index (χ0n) is 9.41. The van der Waals surface area contributed by atoms with E-state index < -0.39 is 11.6 Å². The van der Waals surface area contributed by atoms with Crippen molar-refractivity contribution in [1.29, 1.82) is 0 Å². The van der Waals surface area contributed by atoms with Gasteiger partial charge in [-0.05, 0) is 20.1 Å². The molecule has 2 atom stereocenters. The summed E-state index contributed by atoms with van der Waals surface area (Å²) in [6.07, 6.45) is 2.63. The molecule has 0 saturated carbocycles. The number of carboxylic acid groups (broad SMARTS) is 1. The van der Waals surface area contributed by atoms with Crippen molar-refractivity contribution in [2.24, 2.45) is 0 Å². The molecule has 5 heteroatoms. The van der Waals surface area contributed by atoms with E-state index in [1.165, 1.54) is 0 Å². The van der Waals surface area contributed by atoms with Crippen molar-refractivity contribution < 1.29 is 19.4 Å². The Hall–Kier alpha value is -0.260. The van der Waals surface area contributed by atoms with Crippen LogP contribution >= 0.6 is 11.8 Å². The van der Waals surface area contributed by atoms with Crippen LogP contribution in [-0.2, 0) is 14.3 Å². The minimum absolute atomic E-state index is 0.0330. The van der Waals surface area contributed by atoms with Gasteiger partial charge < -0.3 is 14.6 Å². The van der Waals surface area contributed by atoms with Crippen molar-refractivity contribution in [3.05, 3.63) is 0 Å². The Morgan fingerprint density at radius 2 is 2.27 bits per heavy atom. The molecule has 0 spiro atoms. The lowest BCUT2D eigenvalue weighted by atomic mass is 9.91. The van der Waals surface area contributed by atoms with Crippen LogP contribution in [0.25, 0.3) is 0 Å². The average molecular weight is 234 g/mol. The molecule has 4 nitrogen and oxygen atoms in total. The van der Waals surface area contributed by atoms with E-state index in [-0.39, 0.29) is 12.0 Å². The fourth-order valence-corrected chi connectivity index (χ4v) is 2.35. The highest BCUT2D eigenvalue weighted by molar-refractivity contribution is 7.98. The van der Waals surface area contributed by atoms with Crippen molar-refractivity contribution in [3.63, 3.8) is 0 Å². The summed E-state index contributed by atoms with van der Waals surface area (Å²) < 4.78 is 11.2. The van der Waals surface area contributed by atoms with Gasteiger partial charge in [-0.25, -0.2) is 0 Å². The van der Waals surface area contributed by atoms with Gasteiger partial charge in [0.2, 0.25) is 0 Å². The normalized spacial score (nSPS) is 35.7. The third-order valence-electron chi connectivity index (χ3n) is 2.52. The average Bonchev–Trinajstić information content (AvgIpc) is 2.38. The lowest BCUT2D eigenvalue weighted by molar-refractivity contribution is -0.142. The van der Waals surface area contributed by atoms with Crippen LogP contribution in [0, 0.1) is 0 Å². The number of hydrogen-bond donors (Lipinski definition) is 1. The summed E-state index contributed by atoms with van der Waals surface area (Å²) in [4.78, 5) is 10.7. The number of hydrogen-bond acceptors (Lipinski definition) is 4. The molecular weight excluding hydrogens is 216 g/mol. The van der Waals surface area contributed by atoms with Gasteiger partial charge in [0.05, 0.1) is 30.2 Å². The van der Waals surface area contributed by atoms with E-state index in [0.717, 1.165) is 0 Å². The van der Waals surface area contributed by atoms with Crippen LogP contribution in [0.5, 0.6) is 0 Å². The highest BCUT2D eigenvalue weighted by atomic mass is 32.2. The summed E-state index contributed by atoms with van der Waals surface area (Å²) in [5.41, 5.74) is -0.924. The molecule has 1 rings (SSSR count). The van der Waals surface area contributed by atoms with E-state index >= 15 is 0 Å². The molecule has 1 N–H and O–H groups in total. The summed E-state index contributed by atoms with van der Waals surface area (Å²) in [6, 6.07) is 0. The van der Waals surface area contributed by atoms with Gasteiger partial charge in [0.25, 0.3) is 0 Å². The number of carboxylic acids is 1. The monoisotopic (exact) mass is 234 g/mol. The first kappa shape index (κ1) is 12.8. The van der Waals surface area contributed by atoms with Crippen LogP contribution < -0.4 is 0 Å². The highest BCUT2D eigenvalue weighted by Crippen LogP contribution is 2.37. The quantitative estimate of drug-likeness (QED) is 0.734. The Bertz CT molecular complexity index is 246. The van der Waals surface area contributed by atoms with Crippen LogP contribution in [-0.4, -0.2) is 41.1 Å². The van der Waals surface area contributed by atoms with Crippen molar-refractivity contribution in [1.82, 2.24) is 0 Å². The molecule has 1 saturated heterocycles. The number of ether oxygens (including phenoxy) is 2. The number of rotatable bonds is 5. The minimum atomic E-state index is -0.827. The molecule has 1 unspecified atom stereocenters. The van der Waals surface area contributed by atoms with E-state index in [1.54, 1.807) is 11.8 Å². The fraction of sp³-hybridized carbons (Fsp3) is 0.900. The number of thioether (sulfide) groups is 1. The second-order valence-corrected chi connectivity index (χ2v) is 5.30. The number of carbonyl (C=O) groups is 1. The standard InChI is InChI=1S/C10H18O4S/c1-9(4-8(11)12)5-10(2,6-13-9)14-7-15-3/h4-7H2,1-3H3,(H,11,12)/t9?,10-/m0/s1. The molecule has 15 heavy (non-hydrogen) atoms. The molecule has 1 aliphatic rings. The maximum absolute atomic E-state index is 10.7. The summed E-state index contributed by atoms with van der Waals surface area (Å²) in [5.74, 6) is -0.213. The van der Waals surface area contributed by atoms with Crippen molar-refractivity contribution in [2.45, 2.75) is 37.9 Å². The Morgan fingerprint density at radius 3 is 2.80 bits per heavy atom. The van der Waals surface area contributed by atoms with E-state index in [9.17, 15) is 4.79 Å². The summed E-state index contributed by atoms with van der Waals surface area (Å²) in [5, 5.41) is 8.76. The first-order valence-corrected chi connectivity index (χ1v) is 6.27. The molecule has 0 radical (unpaired) electrons. The maximum Gasteiger partial charge on any atom is 0.306 e. The van der Waals surface area contributed by atoms with E-state index in [2.05, 4.69) is 0 Å². The third-order valence-corrected chi connectivity index (χ3v) is 2.88. The second kappa shape index (κ2) is 4.72. The van der Waals surface area contributed by atoms with Gasteiger partial charge in [0.1, 0.15) is 0 Å². The molecule has 0 aliphatic carbocycles. The molecule has 1 heterocycles. The van der Waals surface area contributed by atoms with Gasteiger partial charge in [-0.3, -0.25) is 4.79 Å². The van der Waals surface area contributed by atoms with Crippen molar-refractivity contribution >= 4 is 17.7 Å². The molecule has 0 bridgehead atoms. The summed E-state index contributed by atoms with van der Waals surface area (Å²) >= 11 is 1.61. The zero-order chi connectivity index (χ0) is 11.5. The van der Waals surface area contributed by atoms with E-state index in [1.807, 2.05) is 20.1 Å². The van der Waals surface area contributed by atoms with Gasteiger partial charge in [0.15, 0.2) is 0 Å². The Kier molecular flexibility index (Phi) is 4.03. The lowest BCUT2D eigenvalue weighted by Gasteiger charge is -2.25. The number of aliphatic carboxylic acids is 1. The van der Waals surface area contributed by atoms with Crippen LogP contribution in [0.3, 0.4) is 0 Å². The van der Waals surface area contributed by atoms with Crippen molar-refractivity contribution in [3.8, 4) is 0 Å². The fourth-order valence-electron chi connectivity index (χ4n) is 1.95. The largest absolute Gasteiger partial charge is 0.481 e. The van der Waals surface area contributed by atoms with Crippen LogP contribution in [0.2, 0.25) is 0 Å². The molecule has 0 aromatic carbocycles. The van der Waals surface area contributed by atoms with Gasteiger partial charge in [-0.1, -0.05) is 0 Å². The third kappa shape index (κ3) is 3.66. The van der Waals surface area contributed by atoms with Crippen molar-refractivity contribution in [2.75, 3.05) is 18.8 Å². The van der Waals surface area contributed by atoms with Gasteiger partial charge in [-0.2, -0.15) is 0 Å². The molecule has 88 valence electrons. The van der Waals surface area contributed by atoms with Gasteiger partial charge in [-0.15, -0.1) is 11.8 Å². The Labute approximate surface area is 94.3 Å². The van der Waals surface area contributed by atoms with Gasteiger partial charge >= 0.3 is 5.97 Å². The molecule has 0 amide bonds. The molecule has 0 aromatic heterocycles. The Morgan fingerprint density at radius 1 is 1.60 bits per heavy atom. The second-order valence-electron chi connectivity index (χ2n) is 4.49. The lowest BCUT2D eigenvalue weighted by Crippen LogP contribution is -2.32. The first-order valence-electron chi connectivity index (χ1n) is 4.88. The Balaban J connectivity index is 2.52. The predicted molar refractivity (Wildman–Crippen MR) is 59.1 cm³/mol. The van der Waals surface area contributed by atoms with E-state index in [0.29, 0.717) is 19.0 Å². The first-order chi connectivity index (χ1) is 6.89. The summed E-state index contributed by atoms with van der Waals surface area (Å²) in [7, 11) is 0. The zero-order valence-corrected chi connectivity index (χ0v) is 10.2. The van der Waals surface area contributed by atoms with E-state index in [4.69, 9.17) is 14.6 Å². The molecular formula is C10H18O4S. The SMILES string of the molecule is CSCO[C@]1(C)COC(C)(CC(=O)O)C1. The van der Waals surface area contributed by atoms with Crippen LogP contribution in [0.4, 0.5) is 0 Å². The van der Waals surface area contributed by atoms with Crippen LogP contribution in [0.1, 0.15) is 26.7 Å². The molecule has 1 fully saturated rings. The summed E-state index contributed by atoms with van der Waals surface area (Å²) in [6.45, 7) is 4.27. The smallest absolute Gasteiger partial charge is 0.306 e. The minimum Gasteiger partial charge on any atom is -0.481 e. The highest BCUT2D eigenvalue weighted by Gasteiger charge is 2.45. The van der Waals surface area contributed by atoms with Crippen LogP contribution in [0.15, 0.2) is 0 Å². The predicted octanol–water partition coefficient (Wildman–Crippen LogP) is 1.74. The van der Waals surface area contributed by atoms with Gasteiger partial charge in [0, 0.05) is 6.42 Å². The molecule has 1 aliphatic heterocycles.